The lowest BCUT2D eigenvalue weighted by Crippen LogP contribution is -2.05. The molecule has 0 saturated heterocycles. The molecule has 0 radical (unpaired) electrons. The van der Waals surface area contributed by atoms with Crippen molar-refractivity contribution in [1.82, 2.24) is 0 Å². The Morgan fingerprint density at radius 3 is 0.623 bits per heavy atom. The lowest BCUT2D eigenvalue weighted by molar-refractivity contribution is 0.255. The van der Waals surface area contributed by atoms with E-state index in [0.29, 0.717) is 39.6 Å². The molecule has 0 spiro atoms. The van der Waals surface area contributed by atoms with Crippen LogP contribution in [0.4, 0.5) is 0 Å². The number of fused-ring (bicyclic) bond motifs is 6. The van der Waals surface area contributed by atoms with Crippen LogP contribution in [0.2, 0.25) is 0 Å². The summed E-state index contributed by atoms with van der Waals surface area (Å²) in [5, 5.41) is 15.9. The number of benzene rings is 4. The van der Waals surface area contributed by atoms with E-state index < -0.39 is 0 Å². The van der Waals surface area contributed by atoms with Crippen LogP contribution in [-0.4, -0.2) is 51.4 Å². The predicted octanol–water partition coefficient (Wildman–Crippen LogP) is 15.9. The average Bonchev–Trinajstić information content (AvgIpc) is 3.27. The van der Waals surface area contributed by atoms with Gasteiger partial charge in [-0.1, -0.05) is 137 Å². The van der Waals surface area contributed by atoms with Crippen LogP contribution in [0, 0.1) is 0 Å². The zero-order valence-corrected chi connectivity index (χ0v) is 39.3. The molecule has 7 nitrogen and oxygen atoms in total. The lowest BCUT2D eigenvalue weighted by atomic mass is 9.93. The Labute approximate surface area is 370 Å². The molecule has 0 atom stereocenters. The van der Waals surface area contributed by atoms with Crippen LogP contribution >= 0.6 is 0 Å². The smallest absolute Gasteiger partial charge is 0.161 e. The fourth-order valence-electron chi connectivity index (χ4n) is 8.00. The van der Waals surface area contributed by atoms with Crippen LogP contribution in [0.25, 0.3) is 32.3 Å². The second-order valence-electron chi connectivity index (χ2n) is 17.1. The Kier molecular flexibility index (Phi) is 25.0. The SMILES string of the molecule is CCCCCCOc1cc2c3cc(OCCCCCC)c(OCCCCCC)cc3c3cc(OCCCCCCO)c(OCCCCCC)cc3c2cc1OCCCCCC. The molecule has 0 heterocycles. The van der Waals surface area contributed by atoms with Gasteiger partial charge in [0.05, 0.1) is 39.6 Å². The molecule has 0 unspecified atom stereocenters. The molecule has 0 bridgehead atoms. The first kappa shape index (κ1) is 50.1. The average molecular weight is 845 g/mol. The summed E-state index contributed by atoms with van der Waals surface area (Å²) >= 11 is 0. The van der Waals surface area contributed by atoms with E-state index in [0.717, 1.165) is 157 Å². The zero-order chi connectivity index (χ0) is 43.3. The highest BCUT2D eigenvalue weighted by atomic mass is 16.5. The number of hydrogen-bond acceptors (Lipinski definition) is 7. The molecular weight excluding hydrogens is 761 g/mol. The molecule has 0 aliphatic rings. The topological polar surface area (TPSA) is 75.6 Å². The second-order valence-corrected chi connectivity index (χ2v) is 17.1. The van der Waals surface area contributed by atoms with Gasteiger partial charge in [-0.05, 0) is 120 Å². The maximum absolute atomic E-state index is 9.32. The highest BCUT2D eigenvalue weighted by molar-refractivity contribution is 6.26. The van der Waals surface area contributed by atoms with Crippen molar-refractivity contribution in [2.75, 3.05) is 46.2 Å². The number of rotatable bonds is 37. The third-order valence-corrected chi connectivity index (χ3v) is 11.7. The lowest BCUT2D eigenvalue weighted by Gasteiger charge is -2.21. The van der Waals surface area contributed by atoms with Crippen LogP contribution in [-0.2, 0) is 0 Å². The zero-order valence-electron chi connectivity index (χ0n) is 39.3. The van der Waals surface area contributed by atoms with Crippen molar-refractivity contribution in [3.8, 4) is 34.5 Å². The molecule has 0 fully saturated rings. The van der Waals surface area contributed by atoms with E-state index in [1.54, 1.807) is 0 Å². The number of aliphatic hydroxyl groups excluding tert-OH is 1. The first-order chi connectivity index (χ1) is 30.1. The molecule has 0 aliphatic carbocycles. The van der Waals surface area contributed by atoms with Crippen molar-refractivity contribution in [2.24, 2.45) is 0 Å². The fourth-order valence-corrected chi connectivity index (χ4v) is 8.00. The number of unbranched alkanes of at least 4 members (excludes halogenated alkanes) is 18. The molecule has 7 heteroatoms. The van der Waals surface area contributed by atoms with Crippen LogP contribution < -0.4 is 28.4 Å². The van der Waals surface area contributed by atoms with Gasteiger partial charge in [-0.3, -0.25) is 0 Å². The van der Waals surface area contributed by atoms with Crippen molar-refractivity contribution >= 4 is 32.3 Å². The van der Waals surface area contributed by atoms with Crippen molar-refractivity contribution in [1.29, 1.82) is 0 Å². The van der Waals surface area contributed by atoms with E-state index in [-0.39, 0.29) is 6.61 Å². The monoisotopic (exact) mass is 845 g/mol. The van der Waals surface area contributed by atoms with E-state index in [1.165, 1.54) is 64.2 Å². The number of aliphatic hydroxyl groups is 1. The summed E-state index contributed by atoms with van der Waals surface area (Å²) < 4.78 is 39.8. The van der Waals surface area contributed by atoms with Crippen LogP contribution in [0.5, 0.6) is 34.5 Å². The fraction of sp³-hybridized carbons (Fsp3) is 0.667. The summed E-state index contributed by atoms with van der Waals surface area (Å²) in [5.74, 6) is 4.73. The molecule has 1 N–H and O–H groups in total. The van der Waals surface area contributed by atoms with Gasteiger partial charge in [0, 0.05) is 6.61 Å². The molecule has 4 aromatic rings. The van der Waals surface area contributed by atoms with E-state index in [1.807, 2.05) is 0 Å². The predicted molar refractivity (Wildman–Crippen MR) is 258 cm³/mol. The van der Waals surface area contributed by atoms with E-state index in [2.05, 4.69) is 71.0 Å². The highest BCUT2D eigenvalue weighted by Crippen LogP contribution is 2.47. The molecule has 0 aliphatic heterocycles. The van der Waals surface area contributed by atoms with Crippen LogP contribution in [0.15, 0.2) is 36.4 Å². The Hall–Kier alpha value is -3.58. The Balaban J connectivity index is 1.94. The Morgan fingerprint density at radius 1 is 0.262 bits per heavy atom. The van der Waals surface area contributed by atoms with Crippen LogP contribution in [0.3, 0.4) is 0 Å². The summed E-state index contributed by atoms with van der Waals surface area (Å²) in [6.45, 7) is 15.3. The van der Waals surface area contributed by atoms with Gasteiger partial charge in [-0.25, -0.2) is 0 Å². The van der Waals surface area contributed by atoms with Gasteiger partial charge in [-0.15, -0.1) is 0 Å². The van der Waals surface area contributed by atoms with Gasteiger partial charge in [0.2, 0.25) is 0 Å². The van der Waals surface area contributed by atoms with Gasteiger partial charge in [-0.2, -0.15) is 0 Å². The summed E-state index contributed by atoms with van der Waals surface area (Å²) in [6.07, 6.45) is 26.5. The second kappa shape index (κ2) is 30.5. The molecule has 4 aromatic carbocycles. The third kappa shape index (κ3) is 16.9. The minimum Gasteiger partial charge on any atom is -0.490 e. The maximum atomic E-state index is 9.32. The standard InChI is InChI=1S/C54H84O7/c1-6-11-16-24-31-56-49-37-43-44-38-50(57-32-25-17-12-7-2)52(59-34-27-19-14-9-4)40-46(44)48-42-54(61-36-29-22-21-23-30-55)53(60-35-28-20-15-10-5)41-47(48)45(43)39-51(49)58-33-26-18-13-8-3/h37-42,55H,6-36H2,1-5H3. The normalized spacial score (nSPS) is 11.5. The van der Waals surface area contributed by atoms with Crippen molar-refractivity contribution in [3.05, 3.63) is 36.4 Å². The van der Waals surface area contributed by atoms with Crippen molar-refractivity contribution < 1.29 is 33.5 Å². The Morgan fingerprint density at radius 2 is 0.443 bits per heavy atom. The quantitative estimate of drug-likeness (QED) is 0.0358. The third-order valence-electron chi connectivity index (χ3n) is 11.7. The molecule has 4 rings (SSSR count). The van der Waals surface area contributed by atoms with Gasteiger partial charge in [0.1, 0.15) is 0 Å². The maximum Gasteiger partial charge on any atom is 0.161 e. The van der Waals surface area contributed by atoms with E-state index >= 15 is 0 Å². The Bertz CT molecular complexity index is 1730. The summed E-state index contributed by atoms with van der Waals surface area (Å²) in [6, 6.07) is 13.3. The molecule has 0 amide bonds. The number of hydrogen-bond donors (Lipinski definition) is 1. The largest absolute Gasteiger partial charge is 0.490 e. The highest BCUT2D eigenvalue weighted by Gasteiger charge is 2.21. The van der Waals surface area contributed by atoms with Crippen LogP contribution in [0.1, 0.15) is 189 Å². The molecule has 0 saturated carbocycles. The molecular formula is C54H84O7. The molecule has 0 aromatic heterocycles. The molecule has 61 heavy (non-hydrogen) atoms. The first-order valence-corrected chi connectivity index (χ1v) is 25.0. The minimum atomic E-state index is 0.233. The molecule has 342 valence electrons. The van der Waals surface area contributed by atoms with Gasteiger partial charge in [0.25, 0.3) is 0 Å². The van der Waals surface area contributed by atoms with Gasteiger partial charge >= 0.3 is 0 Å². The van der Waals surface area contributed by atoms with E-state index in [4.69, 9.17) is 28.4 Å². The number of ether oxygens (including phenoxy) is 6. The van der Waals surface area contributed by atoms with Gasteiger partial charge in [0.15, 0.2) is 34.5 Å². The summed E-state index contributed by atoms with van der Waals surface area (Å²) in [7, 11) is 0. The van der Waals surface area contributed by atoms with Gasteiger partial charge < -0.3 is 33.5 Å². The van der Waals surface area contributed by atoms with Crippen molar-refractivity contribution in [3.63, 3.8) is 0 Å². The van der Waals surface area contributed by atoms with Crippen molar-refractivity contribution in [2.45, 2.75) is 189 Å². The van der Waals surface area contributed by atoms with E-state index in [9.17, 15) is 5.11 Å². The summed E-state index contributed by atoms with van der Waals surface area (Å²) in [5.41, 5.74) is 0. The minimum absolute atomic E-state index is 0.233. The summed E-state index contributed by atoms with van der Waals surface area (Å²) in [4.78, 5) is 0. The first-order valence-electron chi connectivity index (χ1n) is 25.0.